The number of hydrogen-bond donors (Lipinski definition) is 0. The number of alkyl halides is 3. The topological polar surface area (TPSA) is 68.2 Å². The van der Waals surface area contributed by atoms with Crippen LogP contribution in [0.4, 0.5) is 18.9 Å². The Morgan fingerprint density at radius 2 is 1.86 bits per heavy atom. The van der Waals surface area contributed by atoms with Gasteiger partial charge in [-0.25, -0.2) is 0 Å². The lowest BCUT2D eigenvalue weighted by Crippen LogP contribution is -2.36. The maximum atomic E-state index is 13.1. The largest absolute Gasteiger partial charge is 0.447 e. The van der Waals surface area contributed by atoms with E-state index in [2.05, 4.69) is 29.0 Å². The van der Waals surface area contributed by atoms with Gasteiger partial charge in [0.1, 0.15) is 0 Å². The zero-order chi connectivity index (χ0) is 25.3. The van der Waals surface area contributed by atoms with Crippen LogP contribution in [0.3, 0.4) is 0 Å². The summed E-state index contributed by atoms with van der Waals surface area (Å²) in [6.07, 6.45) is -4.54. The average molecular weight is 503 g/mol. The Morgan fingerprint density at radius 1 is 1.14 bits per heavy atom. The highest BCUT2D eigenvalue weighted by Crippen LogP contribution is 2.44. The van der Waals surface area contributed by atoms with E-state index in [1.165, 1.54) is 35.7 Å². The molecular weight excluding hydrogens is 477 g/mol. The summed E-state index contributed by atoms with van der Waals surface area (Å²) in [5, 5.41) is 9.07. The van der Waals surface area contributed by atoms with Gasteiger partial charge in [0.2, 0.25) is 23.2 Å². The number of amides is 1. The molecule has 6 nitrogen and oxygen atoms in total. The van der Waals surface area contributed by atoms with Crippen LogP contribution in [0.15, 0.2) is 47.6 Å². The van der Waals surface area contributed by atoms with Gasteiger partial charge in [0.05, 0.1) is 11.3 Å². The van der Waals surface area contributed by atoms with Crippen molar-refractivity contribution < 1.29 is 22.7 Å². The van der Waals surface area contributed by atoms with Crippen molar-refractivity contribution >= 4 is 23.4 Å². The molecule has 0 N–H and O–H groups in total. The van der Waals surface area contributed by atoms with Crippen molar-refractivity contribution in [2.45, 2.75) is 51.7 Å². The van der Waals surface area contributed by atoms with Crippen LogP contribution in [-0.2, 0) is 11.0 Å². The predicted molar refractivity (Wildman–Crippen MR) is 128 cm³/mol. The smallest absolute Gasteiger partial charge is 0.416 e. The molecule has 184 valence electrons. The molecule has 1 aliphatic rings. The summed E-state index contributed by atoms with van der Waals surface area (Å²) < 4.78 is 45.6. The van der Waals surface area contributed by atoms with Crippen molar-refractivity contribution in [2.75, 3.05) is 10.7 Å². The highest BCUT2D eigenvalue weighted by atomic mass is 32.2. The first kappa shape index (κ1) is 25.0. The van der Waals surface area contributed by atoms with Gasteiger partial charge in [0, 0.05) is 23.8 Å². The monoisotopic (exact) mass is 502 g/mol. The fourth-order valence-electron chi connectivity index (χ4n) is 3.72. The van der Waals surface area contributed by atoms with Gasteiger partial charge in [0.15, 0.2) is 5.69 Å². The zero-order valence-electron chi connectivity index (χ0n) is 19.8. The van der Waals surface area contributed by atoms with Crippen LogP contribution in [0.25, 0.3) is 11.3 Å². The molecule has 0 aliphatic carbocycles. The van der Waals surface area contributed by atoms with Crippen molar-refractivity contribution in [1.29, 1.82) is 0 Å². The van der Waals surface area contributed by atoms with E-state index in [1.54, 1.807) is 6.07 Å². The van der Waals surface area contributed by atoms with Crippen molar-refractivity contribution in [2.24, 2.45) is 5.92 Å². The average Bonchev–Trinajstić information content (AvgIpc) is 2.92. The van der Waals surface area contributed by atoms with Gasteiger partial charge in [-0.1, -0.05) is 49.4 Å². The lowest BCUT2D eigenvalue weighted by Gasteiger charge is -2.30. The number of thioether (sulfide) groups is 1. The number of ether oxygens (including phenoxy) is 1. The second-order valence-electron chi connectivity index (χ2n) is 8.78. The Hall–Kier alpha value is -3.14. The third kappa shape index (κ3) is 5.42. The second-order valence-corrected chi connectivity index (χ2v) is 9.84. The van der Waals surface area contributed by atoms with Gasteiger partial charge >= 0.3 is 6.18 Å². The van der Waals surface area contributed by atoms with Crippen LogP contribution in [-0.4, -0.2) is 26.8 Å². The Balaban J connectivity index is 1.82. The minimum atomic E-state index is -4.47. The molecule has 1 aromatic heterocycles. The van der Waals surface area contributed by atoms with Crippen LogP contribution >= 0.6 is 11.8 Å². The maximum Gasteiger partial charge on any atom is 0.416 e. The number of anilines is 1. The SMILES string of the molecule is CC(=O)N1c2ccc(C)cc2-c2nnc(SCCC(C)C)nc2O[C@H]1c1ccc(C(F)(F)F)cc1. The van der Waals surface area contributed by atoms with Gasteiger partial charge in [-0.2, -0.15) is 18.2 Å². The molecule has 1 atom stereocenters. The first-order valence-corrected chi connectivity index (χ1v) is 12.2. The van der Waals surface area contributed by atoms with Crippen molar-refractivity contribution in [1.82, 2.24) is 15.2 Å². The van der Waals surface area contributed by atoms with Crippen LogP contribution in [0.1, 0.15) is 50.1 Å². The summed E-state index contributed by atoms with van der Waals surface area (Å²) in [7, 11) is 0. The molecule has 0 saturated heterocycles. The Morgan fingerprint density at radius 3 is 2.49 bits per heavy atom. The number of carbonyl (C=O) groups is 1. The minimum absolute atomic E-state index is 0.174. The maximum absolute atomic E-state index is 13.1. The third-order valence-electron chi connectivity index (χ3n) is 5.55. The molecule has 2 heterocycles. The summed E-state index contributed by atoms with van der Waals surface area (Å²) in [6.45, 7) is 7.55. The Labute approximate surface area is 205 Å². The minimum Gasteiger partial charge on any atom is -0.447 e. The molecule has 1 aliphatic heterocycles. The number of benzene rings is 2. The summed E-state index contributed by atoms with van der Waals surface area (Å²) in [6, 6.07) is 10.1. The molecule has 1 amide bonds. The normalized spacial score (nSPS) is 15.3. The van der Waals surface area contributed by atoms with Gasteiger partial charge in [-0.15, -0.1) is 10.2 Å². The highest BCUT2D eigenvalue weighted by Gasteiger charge is 2.36. The van der Waals surface area contributed by atoms with Crippen molar-refractivity contribution in [3.8, 4) is 17.1 Å². The van der Waals surface area contributed by atoms with E-state index < -0.39 is 18.0 Å². The second kappa shape index (κ2) is 9.85. The first-order valence-electron chi connectivity index (χ1n) is 11.2. The van der Waals surface area contributed by atoms with Gasteiger partial charge in [0.25, 0.3) is 0 Å². The quantitative estimate of drug-likeness (QED) is 0.374. The zero-order valence-corrected chi connectivity index (χ0v) is 20.6. The molecule has 3 aromatic rings. The predicted octanol–water partition coefficient (Wildman–Crippen LogP) is 6.45. The number of halogens is 3. The molecule has 0 fully saturated rings. The Bertz CT molecular complexity index is 1230. The molecule has 2 aromatic carbocycles. The van der Waals surface area contributed by atoms with Gasteiger partial charge in [-0.05, 0) is 43.5 Å². The molecular formula is C25H25F3N4O2S. The van der Waals surface area contributed by atoms with Gasteiger partial charge < -0.3 is 4.74 Å². The van der Waals surface area contributed by atoms with Crippen LogP contribution < -0.4 is 9.64 Å². The molecule has 0 unspecified atom stereocenters. The molecule has 0 spiro atoms. The molecule has 35 heavy (non-hydrogen) atoms. The van der Waals surface area contributed by atoms with E-state index in [-0.39, 0.29) is 11.8 Å². The number of hydrogen-bond acceptors (Lipinski definition) is 6. The number of fused-ring (bicyclic) bond motifs is 3. The number of aromatic nitrogens is 3. The van der Waals surface area contributed by atoms with Crippen LogP contribution in [0, 0.1) is 12.8 Å². The molecule has 0 bridgehead atoms. The summed E-state index contributed by atoms with van der Waals surface area (Å²) >= 11 is 1.45. The molecule has 0 saturated carbocycles. The molecule has 10 heteroatoms. The number of aryl methyl sites for hydroxylation is 1. The fraction of sp³-hybridized carbons (Fsp3) is 0.360. The standard InChI is InChI=1S/C25H25F3N4O2S/c1-14(2)11-12-35-24-29-22-21(30-31-24)19-13-15(3)5-10-20(19)32(16(4)33)23(34-22)17-6-8-18(9-7-17)25(26,27)28/h5-10,13-14,23H,11-12H2,1-4H3/t23-/m0/s1. The van der Waals surface area contributed by atoms with Gasteiger partial charge in [-0.3, -0.25) is 9.69 Å². The lowest BCUT2D eigenvalue weighted by molar-refractivity contribution is -0.137. The third-order valence-corrected chi connectivity index (χ3v) is 6.42. The van der Waals surface area contributed by atoms with E-state index in [0.717, 1.165) is 29.9 Å². The highest BCUT2D eigenvalue weighted by molar-refractivity contribution is 7.99. The van der Waals surface area contributed by atoms with Crippen molar-refractivity contribution in [3.05, 3.63) is 59.2 Å². The Kier molecular flexibility index (Phi) is 7.02. The van der Waals surface area contributed by atoms with E-state index in [0.29, 0.717) is 33.6 Å². The number of carbonyl (C=O) groups excluding carboxylic acids is 1. The van der Waals surface area contributed by atoms with E-state index >= 15 is 0 Å². The summed E-state index contributed by atoms with van der Waals surface area (Å²) in [4.78, 5) is 18.8. The van der Waals surface area contributed by atoms with E-state index in [9.17, 15) is 18.0 Å². The number of rotatable bonds is 5. The first-order chi connectivity index (χ1) is 16.5. The molecule has 0 radical (unpaired) electrons. The van der Waals surface area contributed by atoms with E-state index in [4.69, 9.17) is 4.74 Å². The van der Waals surface area contributed by atoms with Crippen molar-refractivity contribution in [3.63, 3.8) is 0 Å². The molecule has 4 rings (SSSR count). The van der Waals surface area contributed by atoms with Crippen LogP contribution in [0.5, 0.6) is 5.88 Å². The fourth-order valence-corrected chi connectivity index (χ4v) is 4.74. The van der Waals surface area contributed by atoms with Crippen LogP contribution in [0.2, 0.25) is 0 Å². The lowest BCUT2D eigenvalue weighted by atomic mass is 10.0. The summed E-state index contributed by atoms with van der Waals surface area (Å²) in [5.74, 6) is 1.16. The van der Waals surface area contributed by atoms with E-state index in [1.807, 2.05) is 19.1 Å². The number of nitrogens with zero attached hydrogens (tertiary/aromatic N) is 4. The summed E-state index contributed by atoms with van der Waals surface area (Å²) in [5.41, 5.74) is 2.03.